The van der Waals surface area contributed by atoms with E-state index in [1.807, 2.05) is 61.5 Å². The number of carbonyl (C=O) groups excluding carboxylic acids is 7. The van der Waals surface area contributed by atoms with Gasteiger partial charge in [0.25, 0.3) is 0 Å². The molecular formula is C48H73N11O8. The highest BCUT2D eigenvalue weighted by Gasteiger charge is 2.66. The van der Waals surface area contributed by atoms with E-state index in [2.05, 4.69) is 10.6 Å². The van der Waals surface area contributed by atoms with Crippen molar-refractivity contribution in [2.45, 2.75) is 151 Å². The van der Waals surface area contributed by atoms with E-state index in [9.17, 15) is 38.7 Å². The molecule has 5 aliphatic rings. The number of allylic oxidation sites excluding steroid dienone is 6. The van der Waals surface area contributed by atoms with Crippen molar-refractivity contribution in [2.24, 2.45) is 94.7 Å². The molecule has 19 nitrogen and oxygen atoms in total. The van der Waals surface area contributed by atoms with Gasteiger partial charge in [-0.1, -0.05) is 34.6 Å². The fraction of sp³-hybridized carbons (Fsp3) is 0.667. The zero-order valence-corrected chi connectivity index (χ0v) is 40.6. The van der Waals surface area contributed by atoms with E-state index in [-0.39, 0.29) is 76.7 Å². The van der Waals surface area contributed by atoms with Gasteiger partial charge < -0.3 is 50.1 Å². The van der Waals surface area contributed by atoms with E-state index in [0.717, 1.165) is 0 Å². The molecule has 0 saturated carbocycles. The van der Waals surface area contributed by atoms with Gasteiger partial charge in [-0.25, -0.2) is 0 Å². The van der Waals surface area contributed by atoms with E-state index in [4.69, 9.17) is 49.4 Å². The first-order valence-corrected chi connectivity index (χ1v) is 23.3. The second-order valence-electron chi connectivity index (χ2n) is 21.2. The molecule has 5 aliphatic heterocycles. The van der Waals surface area contributed by atoms with Crippen LogP contribution in [0, 0.1) is 45.3 Å². The number of aliphatic imine (C=N–C) groups is 3. The highest BCUT2D eigenvalue weighted by Crippen LogP contribution is 2.62. The molecule has 0 unspecified atom stereocenters. The Balaban J connectivity index is 2.00. The number of rotatable bonds is 20. The third kappa shape index (κ3) is 9.84. The van der Waals surface area contributed by atoms with E-state index >= 15 is 0 Å². The van der Waals surface area contributed by atoms with E-state index in [1.54, 1.807) is 6.92 Å². The Kier molecular flexibility index (Phi) is 14.9. The fourth-order valence-electron chi connectivity index (χ4n) is 12.3. The smallest absolute Gasteiger partial charge is 0.220 e. The number of nitrogens with two attached hydrogens (primary N) is 6. The molecule has 10 atom stereocenters. The molecule has 368 valence electrons. The van der Waals surface area contributed by atoms with Crippen LogP contribution in [0.15, 0.2) is 49.3 Å². The fourth-order valence-corrected chi connectivity index (χ4v) is 12.3. The summed E-state index contributed by atoms with van der Waals surface area (Å²) >= 11 is 0. The first-order chi connectivity index (χ1) is 30.9. The van der Waals surface area contributed by atoms with Crippen LogP contribution in [-0.2, 0) is 33.6 Å². The summed E-state index contributed by atoms with van der Waals surface area (Å²) in [4.78, 5) is 108. The topological polar surface area (TPSA) is 357 Å². The minimum atomic E-state index is -1.39. The molecule has 0 aliphatic carbocycles. The largest absolute Gasteiger partial charge is 0.392 e. The average molecular weight is 932 g/mol. The van der Waals surface area contributed by atoms with Gasteiger partial charge in [0.1, 0.15) is 0 Å². The number of hydrogen-bond acceptors (Lipinski definition) is 12. The summed E-state index contributed by atoms with van der Waals surface area (Å²) in [6, 6.07) is -0.913. The number of nitrogens with one attached hydrogen (secondary N) is 2. The zero-order valence-electron chi connectivity index (χ0n) is 40.6. The molecular weight excluding hydrogens is 859 g/mol. The van der Waals surface area contributed by atoms with Crippen LogP contribution in [-0.4, -0.2) is 87.8 Å². The summed E-state index contributed by atoms with van der Waals surface area (Å²) in [7, 11) is 0. The highest BCUT2D eigenvalue weighted by molar-refractivity contribution is 6.10. The molecule has 0 spiro atoms. The van der Waals surface area contributed by atoms with Crippen LogP contribution < -0.4 is 45.0 Å². The Morgan fingerprint density at radius 2 is 1.28 bits per heavy atom. The number of aliphatic hydroxyl groups is 1. The Morgan fingerprint density at radius 3 is 1.81 bits per heavy atom. The normalized spacial score (nSPS) is 32.2. The summed E-state index contributed by atoms with van der Waals surface area (Å²) in [5.41, 5.74) is 34.9. The number of primary amides is 6. The molecule has 1 fully saturated rings. The van der Waals surface area contributed by atoms with Crippen LogP contribution in [0.25, 0.3) is 0 Å². The van der Waals surface area contributed by atoms with E-state index in [0.29, 0.717) is 51.8 Å². The number of fused-ring (bicyclic) bond motifs is 6. The molecule has 7 amide bonds. The number of nitrogens with zero attached hydrogens (tertiary/aromatic N) is 3. The van der Waals surface area contributed by atoms with Crippen molar-refractivity contribution >= 4 is 58.5 Å². The molecule has 5 rings (SSSR count). The maximum atomic E-state index is 13.5. The van der Waals surface area contributed by atoms with Crippen molar-refractivity contribution in [3.05, 3.63) is 34.3 Å². The molecule has 1 saturated heterocycles. The van der Waals surface area contributed by atoms with Crippen molar-refractivity contribution in [1.29, 1.82) is 0 Å². The van der Waals surface area contributed by atoms with Gasteiger partial charge in [-0.15, -0.1) is 0 Å². The Bertz CT molecular complexity index is 2310. The minimum absolute atomic E-state index is 0.0237. The molecule has 15 N–H and O–H groups in total. The van der Waals surface area contributed by atoms with E-state index in [1.165, 1.54) is 0 Å². The molecule has 19 heteroatoms. The number of aliphatic hydroxyl groups excluding tert-OH is 1. The highest BCUT2D eigenvalue weighted by atomic mass is 16.3. The Labute approximate surface area is 393 Å². The maximum Gasteiger partial charge on any atom is 0.220 e. The minimum Gasteiger partial charge on any atom is -0.392 e. The predicted octanol–water partition coefficient (Wildman–Crippen LogP) is 1.74. The van der Waals surface area contributed by atoms with Crippen LogP contribution in [0.2, 0.25) is 0 Å². The third-order valence-electron chi connectivity index (χ3n) is 16.1. The van der Waals surface area contributed by atoms with Gasteiger partial charge in [-0.3, -0.25) is 48.5 Å². The SMILES string of the molecule is CC1=C2N=C(C=C3NC(=C(C)C4=N[C@@](C)([C@@H]5N=C1[C@](C)(CCC(=O)NC[C@@H](C)O)[C@H]5CC(N)=O)[C@@](C)(CC(N)=O)[C@@H]4CCC(N)=O)[C@@](C)(CC(N)=O)[C@@H]3CCC(N)=O)C(C)(C)[C@@H]2CCC(N)=O. The average Bonchev–Trinajstić information content (AvgIpc) is 3.80. The van der Waals surface area contributed by atoms with Gasteiger partial charge in [0, 0.05) is 131 Å². The molecule has 0 aromatic rings. The van der Waals surface area contributed by atoms with Gasteiger partial charge in [0.15, 0.2) is 0 Å². The van der Waals surface area contributed by atoms with Gasteiger partial charge in [-0.2, -0.15) is 0 Å². The Hall–Kier alpha value is -5.72. The summed E-state index contributed by atoms with van der Waals surface area (Å²) < 4.78 is 0. The molecule has 0 aromatic heterocycles. The molecule has 67 heavy (non-hydrogen) atoms. The van der Waals surface area contributed by atoms with Crippen LogP contribution in [0.3, 0.4) is 0 Å². The van der Waals surface area contributed by atoms with Crippen molar-refractivity contribution in [3.8, 4) is 0 Å². The van der Waals surface area contributed by atoms with Crippen LogP contribution in [0.4, 0.5) is 0 Å². The summed E-state index contributed by atoms with van der Waals surface area (Å²) in [6.45, 7) is 16.9. The summed E-state index contributed by atoms with van der Waals surface area (Å²) in [5, 5.41) is 16.4. The first kappa shape index (κ1) is 52.3. The standard InChI is InChI=1S/C48H73N11O8/c1-23(60)22-55-38(67)16-17-45(6)29(18-35(52)64)43-48(9)47(8,21-37(54)66)28(12-15-34(51)63)40(59-48)25(3)42-46(7,20-36(53)65)26(10-13-32(49)61)30(56-42)19-31-44(4,5)27(11-14-33(50)62)39(57-31)24(2)41(45)58-43/h19,23,26-29,43,56,60H,10-18,20-22H2,1-9H3,(H2,49,61)(H2,50,62)(H2,51,63)(H2,52,64)(H2,53,65)(H2,54,66)(H,55,67)/t23-,26-,27-,28-,29+,43-,45-,46+,47+,48+/m1/s1. The number of hydrogen-bond donors (Lipinski definition) is 9. The second-order valence-corrected chi connectivity index (χ2v) is 21.2. The molecule has 8 bridgehead atoms. The van der Waals surface area contributed by atoms with Crippen molar-refractivity contribution in [3.63, 3.8) is 0 Å². The van der Waals surface area contributed by atoms with Crippen molar-refractivity contribution in [1.82, 2.24) is 10.6 Å². The quantitative estimate of drug-likeness (QED) is 0.0857. The van der Waals surface area contributed by atoms with Crippen molar-refractivity contribution < 1.29 is 38.7 Å². The molecule has 5 heterocycles. The summed E-state index contributed by atoms with van der Waals surface area (Å²) in [6.07, 6.45) is 1.23. The second kappa shape index (κ2) is 19.1. The van der Waals surface area contributed by atoms with Gasteiger partial charge >= 0.3 is 0 Å². The lowest BCUT2D eigenvalue weighted by Gasteiger charge is -2.48. The van der Waals surface area contributed by atoms with Gasteiger partial charge in [0.2, 0.25) is 41.4 Å². The Morgan fingerprint density at radius 1 is 0.731 bits per heavy atom. The van der Waals surface area contributed by atoms with Gasteiger partial charge in [-0.05, 0) is 70.6 Å². The monoisotopic (exact) mass is 932 g/mol. The molecule has 0 aromatic carbocycles. The number of carbonyl (C=O) groups is 7. The van der Waals surface area contributed by atoms with E-state index < -0.39 is 98.5 Å². The first-order valence-electron chi connectivity index (χ1n) is 23.3. The zero-order chi connectivity index (χ0) is 50.4. The summed E-state index contributed by atoms with van der Waals surface area (Å²) in [5.74, 6) is -6.25. The maximum absolute atomic E-state index is 13.5. The number of amides is 7. The lowest BCUT2D eigenvalue weighted by Crippen LogP contribution is -2.56. The molecule has 0 radical (unpaired) electrons. The van der Waals surface area contributed by atoms with Gasteiger partial charge in [0.05, 0.1) is 17.7 Å². The lowest BCUT2D eigenvalue weighted by atomic mass is 9.55. The van der Waals surface area contributed by atoms with Crippen LogP contribution in [0.1, 0.15) is 133 Å². The van der Waals surface area contributed by atoms with Crippen LogP contribution in [0.5, 0.6) is 0 Å². The van der Waals surface area contributed by atoms with Crippen LogP contribution >= 0.6 is 0 Å². The lowest BCUT2D eigenvalue weighted by molar-refractivity contribution is -0.124. The predicted molar refractivity (Wildman–Crippen MR) is 254 cm³/mol. The van der Waals surface area contributed by atoms with Crippen molar-refractivity contribution in [2.75, 3.05) is 6.54 Å². The third-order valence-corrected chi connectivity index (χ3v) is 16.1.